The van der Waals surface area contributed by atoms with Gasteiger partial charge in [-0.3, -0.25) is 4.79 Å². The van der Waals surface area contributed by atoms with Gasteiger partial charge in [-0.1, -0.05) is 66.2 Å². The number of anilines is 1. The molecule has 3 aromatic rings. The summed E-state index contributed by atoms with van der Waals surface area (Å²) in [6, 6.07) is 20.2. The lowest BCUT2D eigenvalue weighted by Gasteiger charge is -2.32. The number of hydrogen-bond acceptors (Lipinski definition) is 1. The van der Waals surface area contributed by atoms with Crippen LogP contribution in [-0.4, -0.2) is 13.0 Å². The molecule has 1 heterocycles. The molecule has 0 spiro atoms. The van der Waals surface area contributed by atoms with Crippen LogP contribution in [0.1, 0.15) is 18.1 Å². The Morgan fingerprint density at radius 1 is 0.962 bits per heavy atom. The summed E-state index contributed by atoms with van der Waals surface area (Å²) < 4.78 is 14.8. The second kappa shape index (κ2) is 5.96. The Morgan fingerprint density at radius 2 is 1.62 bits per heavy atom. The minimum absolute atomic E-state index is 0.184. The van der Waals surface area contributed by atoms with E-state index in [0.717, 1.165) is 16.7 Å². The zero-order valence-electron chi connectivity index (χ0n) is 14.5. The molecule has 0 radical (unpaired) electrons. The largest absolute Gasteiger partial charge is 0.311 e. The third-order valence-electron chi connectivity index (χ3n) is 5.20. The van der Waals surface area contributed by atoms with Crippen LogP contribution in [0.15, 0.2) is 66.7 Å². The van der Waals surface area contributed by atoms with Crippen molar-refractivity contribution in [2.45, 2.75) is 12.3 Å². The van der Waals surface area contributed by atoms with Crippen molar-refractivity contribution >= 4 is 23.2 Å². The average Bonchev–Trinajstić information content (AvgIpc) is 2.72. The SMILES string of the molecule is CN1C(=O)[C@@](C)(c2ccccc2)c2ccccc2-c2cc(Cl)cc(F)c21. The van der Waals surface area contributed by atoms with Crippen LogP contribution in [0.3, 0.4) is 0 Å². The molecule has 1 amide bonds. The number of benzene rings is 3. The molecule has 3 aromatic carbocycles. The van der Waals surface area contributed by atoms with Crippen molar-refractivity contribution < 1.29 is 9.18 Å². The molecule has 1 aliphatic rings. The second-order valence-electron chi connectivity index (χ2n) is 6.68. The highest BCUT2D eigenvalue weighted by atomic mass is 35.5. The quantitative estimate of drug-likeness (QED) is 0.563. The molecule has 0 N–H and O–H groups in total. The summed E-state index contributed by atoms with van der Waals surface area (Å²) in [5, 5.41) is 0.306. The van der Waals surface area contributed by atoms with E-state index in [1.54, 1.807) is 13.1 Å². The van der Waals surface area contributed by atoms with Crippen molar-refractivity contribution in [1.82, 2.24) is 0 Å². The lowest BCUT2D eigenvalue weighted by Crippen LogP contribution is -2.43. The molecule has 0 aromatic heterocycles. The number of rotatable bonds is 1. The van der Waals surface area contributed by atoms with Gasteiger partial charge in [0.1, 0.15) is 5.82 Å². The van der Waals surface area contributed by atoms with Gasteiger partial charge in [0.25, 0.3) is 0 Å². The molecule has 26 heavy (non-hydrogen) atoms. The van der Waals surface area contributed by atoms with Crippen molar-refractivity contribution in [3.8, 4) is 11.1 Å². The van der Waals surface area contributed by atoms with E-state index in [0.29, 0.717) is 10.6 Å². The maximum Gasteiger partial charge on any atom is 0.241 e. The maximum absolute atomic E-state index is 14.8. The summed E-state index contributed by atoms with van der Waals surface area (Å²) in [7, 11) is 1.62. The Balaban J connectivity index is 2.13. The first-order valence-corrected chi connectivity index (χ1v) is 8.75. The molecule has 4 heteroatoms. The Bertz CT molecular complexity index is 1020. The van der Waals surface area contributed by atoms with Crippen LogP contribution in [0.2, 0.25) is 5.02 Å². The van der Waals surface area contributed by atoms with Crippen molar-refractivity contribution in [3.63, 3.8) is 0 Å². The normalized spacial score (nSPS) is 18.9. The number of halogens is 2. The van der Waals surface area contributed by atoms with Crippen molar-refractivity contribution in [3.05, 3.63) is 88.7 Å². The van der Waals surface area contributed by atoms with E-state index >= 15 is 0 Å². The van der Waals surface area contributed by atoms with E-state index in [1.807, 2.05) is 61.5 Å². The first-order chi connectivity index (χ1) is 12.4. The standard InChI is InChI=1S/C22H17ClFNO/c1-22(14-8-4-3-5-9-14)18-11-7-6-10-16(18)17-12-15(23)13-19(24)20(17)25(2)21(22)26/h3-13H,1-2H3/t22-/m0/s1. The number of amides is 1. The van der Waals surface area contributed by atoms with Crippen LogP contribution in [0, 0.1) is 5.82 Å². The molecular weight excluding hydrogens is 349 g/mol. The highest BCUT2D eigenvalue weighted by molar-refractivity contribution is 6.31. The number of likely N-dealkylation sites (N-methyl/N-ethyl adjacent to an activating group) is 1. The molecule has 0 bridgehead atoms. The van der Waals surface area contributed by atoms with Crippen LogP contribution in [0.5, 0.6) is 0 Å². The molecule has 1 atom stereocenters. The zero-order chi connectivity index (χ0) is 18.5. The van der Waals surface area contributed by atoms with Gasteiger partial charge in [0, 0.05) is 17.6 Å². The molecule has 0 saturated heterocycles. The summed E-state index contributed by atoms with van der Waals surface area (Å²) in [4.78, 5) is 15.0. The van der Waals surface area contributed by atoms with Crippen LogP contribution in [-0.2, 0) is 10.2 Å². The number of nitrogens with zero attached hydrogens (tertiary/aromatic N) is 1. The minimum atomic E-state index is -0.940. The van der Waals surface area contributed by atoms with Gasteiger partial charge in [-0.05, 0) is 35.7 Å². The van der Waals surface area contributed by atoms with Crippen LogP contribution in [0.4, 0.5) is 10.1 Å². The van der Waals surface area contributed by atoms with Crippen LogP contribution < -0.4 is 4.90 Å². The second-order valence-corrected chi connectivity index (χ2v) is 7.12. The smallest absolute Gasteiger partial charge is 0.241 e. The van der Waals surface area contributed by atoms with Gasteiger partial charge >= 0.3 is 0 Å². The highest BCUT2D eigenvalue weighted by Gasteiger charge is 2.44. The summed E-state index contributed by atoms with van der Waals surface area (Å²) >= 11 is 6.13. The number of carbonyl (C=O) groups is 1. The average molecular weight is 366 g/mol. The lowest BCUT2D eigenvalue weighted by atomic mass is 9.73. The zero-order valence-corrected chi connectivity index (χ0v) is 15.2. The molecule has 1 aliphatic heterocycles. The first-order valence-electron chi connectivity index (χ1n) is 8.37. The molecule has 0 fully saturated rings. The predicted molar refractivity (Wildman–Crippen MR) is 103 cm³/mol. The summed E-state index contributed by atoms with van der Waals surface area (Å²) in [6.45, 7) is 1.89. The lowest BCUT2D eigenvalue weighted by molar-refractivity contribution is -0.121. The van der Waals surface area contributed by atoms with Crippen molar-refractivity contribution in [2.24, 2.45) is 0 Å². The summed E-state index contributed by atoms with van der Waals surface area (Å²) in [6.07, 6.45) is 0. The fourth-order valence-electron chi connectivity index (χ4n) is 3.87. The fraction of sp³-hybridized carbons (Fsp3) is 0.136. The third kappa shape index (κ3) is 2.27. The van der Waals surface area contributed by atoms with E-state index < -0.39 is 11.2 Å². The van der Waals surface area contributed by atoms with E-state index in [2.05, 4.69) is 0 Å². The summed E-state index contributed by atoms with van der Waals surface area (Å²) in [5.74, 6) is -0.688. The Labute approximate surface area is 156 Å². The minimum Gasteiger partial charge on any atom is -0.311 e. The molecule has 0 aliphatic carbocycles. The molecule has 0 saturated carbocycles. The molecular formula is C22H17ClFNO. The topological polar surface area (TPSA) is 20.3 Å². The number of hydrogen-bond donors (Lipinski definition) is 0. The Kier molecular flexibility index (Phi) is 3.85. The van der Waals surface area contributed by atoms with Gasteiger partial charge in [-0.2, -0.15) is 0 Å². The van der Waals surface area contributed by atoms with Gasteiger partial charge < -0.3 is 4.90 Å². The van der Waals surface area contributed by atoms with Gasteiger partial charge in [0.05, 0.1) is 11.1 Å². The van der Waals surface area contributed by atoms with Gasteiger partial charge in [-0.25, -0.2) is 4.39 Å². The number of fused-ring (bicyclic) bond motifs is 3. The van der Waals surface area contributed by atoms with E-state index in [-0.39, 0.29) is 11.6 Å². The molecule has 4 rings (SSSR count). The van der Waals surface area contributed by atoms with Crippen LogP contribution >= 0.6 is 11.6 Å². The fourth-order valence-corrected chi connectivity index (χ4v) is 4.07. The van der Waals surface area contributed by atoms with E-state index in [4.69, 9.17) is 11.6 Å². The monoisotopic (exact) mass is 365 g/mol. The maximum atomic E-state index is 14.8. The van der Waals surface area contributed by atoms with E-state index in [1.165, 1.54) is 11.0 Å². The third-order valence-corrected chi connectivity index (χ3v) is 5.42. The molecule has 130 valence electrons. The predicted octanol–water partition coefficient (Wildman–Crippen LogP) is 5.43. The molecule has 2 nitrogen and oxygen atoms in total. The first kappa shape index (κ1) is 16.8. The Morgan fingerprint density at radius 3 is 2.35 bits per heavy atom. The van der Waals surface area contributed by atoms with Crippen molar-refractivity contribution in [2.75, 3.05) is 11.9 Å². The highest BCUT2D eigenvalue weighted by Crippen LogP contribution is 2.47. The number of carbonyl (C=O) groups excluding carboxylic acids is 1. The van der Waals surface area contributed by atoms with Gasteiger partial charge in [0.15, 0.2) is 0 Å². The van der Waals surface area contributed by atoms with E-state index in [9.17, 15) is 9.18 Å². The molecule has 0 unspecified atom stereocenters. The van der Waals surface area contributed by atoms with Crippen LogP contribution in [0.25, 0.3) is 11.1 Å². The summed E-state index contributed by atoms with van der Waals surface area (Å²) in [5.41, 5.74) is 2.46. The van der Waals surface area contributed by atoms with Gasteiger partial charge in [-0.15, -0.1) is 0 Å². The van der Waals surface area contributed by atoms with Crippen molar-refractivity contribution in [1.29, 1.82) is 0 Å². The van der Waals surface area contributed by atoms with Gasteiger partial charge in [0.2, 0.25) is 5.91 Å². The Hall–Kier alpha value is -2.65.